The van der Waals surface area contributed by atoms with Crippen LogP contribution in [-0.4, -0.2) is 37.0 Å². The first-order valence-electron chi connectivity index (χ1n) is 7.47. The molecule has 0 radical (unpaired) electrons. The molecule has 0 heterocycles. The Morgan fingerprint density at radius 2 is 1.77 bits per heavy atom. The van der Waals surface area contributed by atoms with Crippen molar-refractivity contribution in [1.82, 2.24) is 4.90 Å². The Morgan fingerprint density at radius 1 is 1.18 bits per heavy atom. The van der Waals surface area contributed by atoms with Crippen LogP contribution in [0.25, 0.3) is 0 Å². The van der Waals surface area contributed by atoms with Gasteiger partial charge in [0.15, 0.2) is 0 Å². The van der Waals surface area contributed by atoms with Crippen molar-refractivity contribution in [2.75, 3.05) is 20.2 Å². The summed E-state index contributed by atoms with van der Waals surface area (Å²) < 4.78 is 5.69. The Hall–Kier alpha value is -1.36. The second-order valence-corrected chi connectivity index (χ2v) is 6.78. The van der Waals surface area contributed by atoms with Crippen molar-refractivity contribution in [1.29, 1.82) is 0 Å². The van der Waals surface area contributed by atoms with Crippen molar-refractivity contribution in [2.45, 2.75) is 27.2 Å². The zero-order valence-corrected chi connectivity index (χ0v) is 15.2. The SMILES string of the molecule is COC(=O)C(C)CN(CCC(C)C)C(=O)c1ccc(Br)cc1. The van der Waals surface area contributed by atoms with Crippen LogP contribution >= 0.6 is 15.9 Å². The fourth-order valence-electron chi connectivity index (χ4n) is 2.07. The first kappa shape index (κ1) is 18.7. The lowest BCUT2D eigenvalue weighted by Gasteiger charge is -2.26. The molecule has 0 saturated carbocycles. The maximum atomic E-state index is 12.7. The van der Waals surface area contributed by atoms with Crippen molar-refractivity contribution in [3.63, 3.8) is 0 Å². The van der Waals surface area contributed by atoms with Gasteiger partial charge in [0.25, 0.3) is 5.91 Å². The number of rotatable bonds is 7. The molecule has 1 rings (SSSR count). The molecule has 1 atom stereocenters. The minimum atomic E-state index is -0.337. The third-order valence-electron chi connectivity index (χ3n) is 3.45. The average Bonchev–Trinajstić information content (AvgIpc) is 2.50. The molecule has 0 aliphatic heterocycles. The van der Waals surface area contributed by atoms with E-state index in [1.54, 1.807) is 24.0 Å². The van der Waals surface area contributed by atoms with E-state index in [9.17, 15) is 9.59 Å². The number of esters is 1. The number of methoxy groups -OCH3 is 1. The highest BCUT2D eigenvalue weighted by Crippen LogP contribution is 2.15. The molecule has 0 aliphatic carbocycles. The number of carbonyl (C=O) groups excluding carboxylic acids is 2. The van der Waals surface area contributed by atoms with Gasteiger partial charge in [-0.25, -0.2) is 0 Å². The van der Waals surface area contributed by atoms with E-state index in [1.165, 1.54) is 7.11 Å². The summed E-state index contributed by atoms with van der Waals surface area (Å²) in [6, 6.07) is 7.27. The number of benzene rings is 1. The van der Waals surface area contributed by atoms with E-state index in [4.69, 9.17) is 4.74 Å². The molecule has 1 amide bonds. The monoisotopic (exact) mass is 369 g/mol. The summed E-state index contributed by atoms with van der Waals surface area (Å²) in [6.45, 7) is 7.02. The molecular weight excluding hydrogens is 346 g/mol. The zero-order chi connectivity index (χ0) is 16.7. The van der Waals surface area contributed by atoms with Crippen LogP contribution in [0.4, 0.5) is 0 Å². The first-order chi connectivity index (χ1) is 10.3. The molecule has 0 bridgehead atoms. The van der Waals surface area contributed by atoms with Crippen LogP contribution in [0, 0.1) is 11.8 Å². The van der Waals surface area contributed by atoms with Crippen molar-refractivity contribution in [3.8, 4) is 0 Å². The Kier molecular flexibility index (Phi) is 7.59. The largest absolute Gasteiger partial charge is 0.469 e. The number of nitrogens with zero attached hydrogens (tertiary/aromatic N) is 1. The van der Waals surface area contributed by atoms with Gasteiger partial charge in [-0.15, -0.1) is 0 Å². The highest BCUT2D eigenvalue weighted by atomic mass is 79.9. The fraction of sp³-hybridized carbons (Fsp3) is 0.529. The normalized spacial score (nSPS) is 12.1. The summed E-state index contributed by atoms with van der Waals surface area (Å²) in [5.74, 6) is -0.188. The van der Waals surface area contributed by atoms with Gasteiger partial charge in [0.05, 0.1) is 13.0 Å². The molecule has 1 unspecified atom stereocenters. The van der Waals surface area contributed by atoms with Crippen molar-refractivity contribution < 1.29 is 14.3 Å². The predicted molar refractivity (Wildman–Crippen MR) is 90.7 cm³/mol. The molecular formula is C17H24BrNO3. The summed E-state index contributed by atoms with van der Waals surface area (Å²) in [5, 5.41) is 0. The predicted octanol–water partition coefficient (Wildman–Crippen LogP) is 3.75. The molecule has 0 N–H and O–H groups in total. The minimum absolute atomic E-state index is 0.0519. The van der Waals surface area contributed by atoms with Crippen molar-refractivity contribution in [2.24, 2.45) is 11.8 Å². The highest BCUT2D eigenvalue weighted by molar-refractivity contribution is 9.10. The molecule has 1 aromatic carbocycles. The summed E-state index contributed by atoms with van der Waals surface area (Å²) in [7, 11) is 1.37. The van der Waals surface area contributed by atoms with Gasteiger partial charge in [-0.3, -0.25) is 9.59 Å². The van der Waals surface area contributed by atoms with Crippen LogP contribution in [0.5, 0.6) is 0 Å². The van der Waals surface area contributed by atoms with E-state index >= 15 is 0 Å². The van der Waals surface area contributed by atoms with Crippen molar-refractivity contribution >= 4 is 27.8 Å². The van der Waals surface area contributed by atoms with E-state index in [1.807, 2.05) is 12.1 Å². The first-order valence-corrected chi connectivity index (χ1v) is 8.27. The Morgan fingerprint density at radius 3 is 2.27 bits per heavy atom. The molecule has 122 valence electrons. The second kappa shape index (κ2) is 8.93. The maximum absolute atomic E-state index is 12.7. The molecule has 0 spiro atoms. The lowest BCUT2D eigenvalue weighted by molar-refractivity contribution is -0.145. The fourth-order valence-corrected chi connectivity index (χ4v) is 2.34. The molecule has 0 aliphatic rings. The molecule has 1 aromatic rings. The standard InChI is InChI=1S/C17H24BrNO3/c1-12(2)9-10-19(11-13(3)17(21)22-4)16(20)14-5-7-15(18)8-6-14/h5-8,12-13H,9-11H2,1-4H3. The lowest BCUT2D eigenvalue weighted by atomic mass is 10.1. The van der Waals surface area contributed by atoms with Gasteiger partial charge in [0, 0.05) is 23.1 Å². The Bertz CT molecular complexity index is 499. The summed E-state index contributed by atoms with van der Waals surface area (Å²) in [6.07, 6.45) is 0.899. The topological polar surface area (TPSA) is 46.6 Å². The molecule has 0 aromatic heterocycles. The van der Waals surface area contributed by atoms with Gasteiger partial charge in [0.2, 0.25) is 0 Å². The van der Waals surface area contributed by atoms with Gasteiger partial charge in [-0.2, -0.15) is 0 Å². The summed E-state index contributed by atoms with van der Waals surface area (Å²) in [5.41, 5.74) is 0.629. The van der Waals surface area contributed by atoms with E-state index in [2.05, 4.69) is 29.8 Å². The number of halogens is 1. The quantitative estimate of drug-likeness (QED) is 0.687. The number of hydrogen-bond donors (Lipinski definition) is 0. The van der Waals surface area contributed by atoms with Gasteiger partial charge in [0.1, 0.15) is 0 Å². The lowest BCUT2D eigenvalue weighted by Crippen LogP contribution is -2.38. The van der Waals surface area contributed by atoms with Gasteiger partial charge in [-0.1, -0.05) is 36.7 Å². The van der Waals surface area contributed by atoms with Crippen LogP contribution < -0.4 is 0 Å². The van der Waals surface area contributed by atoms with Gasteiger partial charge < -0.3 is 9.64 Å². The average molecular weight is 370 g/mol. The van der Waals surface area contributed by atoms with E-state index in [0.29, 0.717) is 24.6 Å². The van der Waals surface area contributed by atoms with Crippen molar-refractivity contribution in [3.05, 3.63) is 34.3 Å². The molecule has 4 nitrogen and oxygen atoms in total. The molecule has 5 heteroatoms. The molecule has 0 fully saturated rings. The number of hydrogen-bond acceptors (Lipinski definition) is 3. The Balaban J connectivity index is 2.85. The maximum Gasteiger partial charge on any atom is 0.310 e. The number of ether oxygens (including phenoxy) is 1. The number of amides is 1. The summed E-state index contributed by atoms with van der Waals surface area (Å²) in [4.78, 5) is 26.0. The smallest absolute Gasteiger partial charge is 0.310 e. The van der Waals surface area contributed by atoms with E-state index < -0.39 is 0 Å². The number of carbonyl (C=O) groups is 2. The minimum Gasteiger partial charge on any atom is -0.469 e. The van der Waals surface area contributed by atoms with Gasteiger partial charge in [-0.05, 0) is 36.6 Å². The highest BCUT2D eigenvalue weighted by Gasteiger charge is 2.22. The van der Waals surface area contributed by atoms with Gasteiger partial charge >= 0.3 is 5.97 Å². The van der Waals surface area contributed by atoms with Crippen LogP contribution in [0.1, 0.15) is 37.6 Å². The molecule has 0 saturated heterocycles. The summed E-state index contributed by atoms with van der Waals surface area (Å²) >= 11 is 3.36. The third-order valence-corrected chi connectivity index (χ3v) is 3.98. The zero-order valence-electron chi connectivity index (χ0n) is 13.6. The van der Waals surface area contributed by atoms with E-state index in [0.717, 1.165) is 10.9 Å². The Labute approximate surface area is 141 Å². The van der Waals surface area contributed by atoms with Crippen LogP contribution in [0.3, 0.4) is 0 Å². The van der Waals surface area contributed by atoms with E-state index in [-0.39, 0.29) is 17.8 Å². The van der Waals surface area contributed by atoms with Crippen LogP contribution in [0.2, 0.25) is 0 Å². The second-order valence-electron chi connectivity index (χ2n) is 5.86. The van der Waals surface area contributed by atoms with Crippen LogP contribution in [0.15, 0.2) is 28.7 Å². The van der Waals surface area contributed by atoms with Crippen LogP contribution in [-0.2, 0) is 9.53 Å². The molecule has 22 heavy (non-hydrogen) atoms. The third kappa shape index (κ3) is 5.79.